The maximum Gasteiger partial charge on any atom is 0.0499 e. The largest absolute Gasteiger partial charge is 0.329 e. The van der Waals surface area contributed by atoms with Crippen LogP contribution in [-0.4, -0.2) is 12.1 Å². The van der Waals surface area contributed by atoms with Crippen LogP contribution in [0.3, 0.4) is 0 Å². The number of benzene rings is 4. The average Bonchev–Trinajstić information content (AvgIpc) is 2.82. The summed E-state index contributed by atoms with van der Waals surface area (Å²) in [5, 5.41) is 0. The molecular weight excluding hydrogens is 435 g/mol. The lowest BCUT2D eigenvalue weighted by Gasteiger charge is -2.44. The van der Waals surface area contributed by atoms with Crippen molar-refractivity contribution in [1.29, 1.82) is 0 Å². The predicted molar refractivity (Wildman–Crippen MR) is 140 cm³/mol. The minimum absolute atomic E-state index is 0. The molecule has 0 aromatic heterocycles. The van der Waals surface area contributed by atoms with Gasteiger partial charge in [0.05, 0.1) is 0 Å². The van der Waals surface area contributed by atoms with E-state index in [9.17, 15) is 0 Å². The van der Waals surface area contributed by atoms with Crippen LogP contribution in [0.1, 0.15) is 34.1 Å². The topological polar surface area (TPSA) is 52.0 Å². The van der Waals surface area contributed by atoms with Crippen molar-refractivity contribution in [3.63, 3.8) is 0 Å². The Morgan fingerprint density at radius 3 is 0.875 bits per heavy atom. The van der Waals surface area contributed by atoms with Crippen LogP contribution in [0, 0.1) is 0 Å². The minimum Gasteiger partial charge on any atom is -0.329 e. The van der Waals surface area contributed by atoms with Crippen LogP contribution in [0.5, 0.6) is 0 Å². The van der Waals surface area contributed by atoms with Crippen molar-refractivity contribution in [2.75, 3.05) is 6.54 Å². The molecule has 0 radical (unpaired) electrons. The molecule has 0 heterocycles. The highest BCUT2D eigenvalue weighted by Gasteiger charge is 2.44. The molecule has 0 spiro atoms. The van der Waals surface area contributed by atoms with Crippen LogP contribution in [-0.2, 0) is 0 Å². The molecule has 4 rings (SSSR count). The zero-order valence-corrected chi connectivity index (χ0v) is 19.5. The van der Waals surface area contributed by atoms with Crippen LogP contribution >= 0.6 is 24.8 Å². The number of halogens is 2. The van der Waals surface area contributed by atoms with E-state index in [0.717, 1.165) is 0 Å². The van der Waals surface area contributed by atoms with Crippen molar-refractivity contribution in [2.24, 2.45) is 11.5 Å². The van der Waals surface area contributed by atoms with E-state index in [0.29, 0.717) is 6.54 Å². The fourth-order valence-electron chi connectivity index (χ4n) is 4.61. The minimum atomic E-state index is -0.731. The fourth-order valence-corrected chi connectivity index (χ4v) is 4.61. The second-order valence-electron chi connectivity index (χ2n) is 7.83. The van der Waals surface area contributed by atoms with Crippen molar-refractivity contribution in [1.82, 2.24) is 0 Å². The molecular formula is C28H30Cl2N2. The molecule has 0 aliphatic heterocycles. The zero-order chi connectivity index (χ0) is 20.8. The van der Waals surface area contributed by atoms with Gasteiger partial charge in [-0.05, 0) is 22.3 Å². The van der Waals surface area contributed by atoms with E-state index in [1.807, 2.05) is 24.3 Å². The molecule has 0 bridgehead atoms. The number of rotatable bonds is 7. The molecule has 0 unspecified atom stereocenters. The summed E-state index contributed by atoms with van der Waals surface area (Å²) < 4.78 is 0. The highest BCUT2D eigenvalue weighted by Crippen LogP contribution is 2.44. The lowest BCUT2D eigenvalue weighted by Crippen LogP contribution is -2.57. The summed E-state index contributed by atoms with van der Waals surface area (Å²) in [6.07, 6.45) is 0. The standard InChI is InChI=1S/C28H28N2.2ClH/c29-21-28(30,26(22-13-5-1-6-14-22)23-15-7-2-8-16-23)27(24-17-9-3-10-18-24)25-19-11-4-12-20-25;;/h1-20,26-27H,21,29-30H2;2*1H. The first-order valence-electron chi connectivity index (χ1n) is 10.4. The molecule has 32 heavy (non-hydrogen) atoms. The molecule has 0 atom stereocenters. The summed E-state index contributed by atoms with van der Waals surface area (Å²) in [4.78, 5) is 0. The number of nitrogens with two attached hydrogens (primary N) is 2. The zero-order valence-electron chi connectivity index (χ0n) is 17.9. The third-order valence-electron chi connectivity index (χ3n) is 5.96. The first-order chi connectivity index (χ1) is 14.7. The Morgan fingerprint density at radius 1 is 0.469 bits per heavy atom. The van der Waals surface area contributed by atoms with Crippen LogP contribution in [0.2, 0.25) is 0 Å². The Hall–Kier alpha value is -2.62. The number of hydrogen-bond donors (Lipinski definition) is 2. The van der Waals surface area contributed by atoms with Gasteiger partial charge in [0.1, 0.15) is 0 Å². The lowest BCUT2D eigenvalue weighted by atomic mass is 9.64. The van der Waals surface area contributed by atoms with E-state index in [-0.39, 0.29) is 36.6 Å². The monoisotopic (exact) mass is 464 g/mol. The molecule has 4 aromatic carbocycles. The van der Waals surface area contributed by atoms with Crippen molar-refractivity contribution in [3.8, 4) is 0 Å². The first-order valence-corrected chi connectivity index (χ1v) is 10.4. The Balaban J connectivity index is 0.00000181. The summed E-state index contributed by atoms with van der Waals surface area (Å²) in [6, 6.07) is 42.0. The summed E-state index contributed by atoms with van der Waals surface area (Å²) in [5.74, 6) is -0.120. The highest BCUT2D eigenvalue weighted by molar-refractivity contribution is 5.85. The Labute approximate surface area is 203 Å². The van der Waals surface area contributed by atoms with Gasteiger partial charge < -0.3 is 11.5 Å². The third-order valence-corrected chi connectivity index (χ3v) is 5.96. The van der Waals surface area contributed by atoms with Crippen molar-refractivity contribution in [3.05, 3.63) is 144 Å². The van der Waals surface area contributed by atoms with Crippen LogP contribution in [0.4, 0.5) is 0 Å². The first kappa shape index (κ1) is 25.6. The second kappa shape index (κ2) is 11.8. The van der Waals surface area contributed by atoms with Gasteiger partial charge in [0.2, 0.25) is 0 Å². The maximum atomic E-state index is 7.39. The van der Waals surface area contributed by atoms with Crippen molar-refractivity contribution < 1.29 is 0 Å². The van der Waals surface area contributed by atoms with Crippen LogP contribution < -0.4 is 11.5 Å². The molecule has 0 saturated heterocycles. The molecule has 0 saturated carbocycles. The van der Waals surface area contributed by atoms with Gasteiger partial charge in [-0.25, -0.2) is 0 Å². The van der Waals surface area contributed by atoms with E-state index in [1.165, 1.54) is 22.3 Å². The smallest absolute Gasteiger partial charge is 0.0499 e. The second-order valence-corrected chi connectivity index (χ2v) is 7.83. The molecule has 0 amide bonds. The third kappa shape index (κ3) is 5.23. The van der Waals surface area contributed by atoms with E-state index in [1.54, 1.807) is 0 Å². The van der Waals surface area contributed by atoms with E-state index in [4.69, 9.17) is 11.5 Å². The highest BCUT2D eigenvalue weighted by atomic mass is 35.5. The maximum absolute atomic E-state index is 7.39. The number of hydrogen-bond acceptors (Lipinski definition) is 2. The molecule has 0 aliphatic carbocycles. The van der Waals surface area contributed by atoms with Gasteiger partial charge in [0.25, 0.3) is 0 Å². The van der Waals surface area contributed by atoms with Gasteiger partial charge in [-0.2, -0.15) is 0 Å². The molecule has 0 fully saturated rings. The van der Waals surface area contributed by atoms with Crippen LogP contribution in [0.25, 0.3) is 0 Å². The van der Waals surface area contributed by atoms with Gasteiger partial charge in [-0.3, -0.25) is 0 Å². The normalized spacial score (nSPS) is 11.0. The van der Waals surface area contributed by atoms with Gasteiger partial charge in [0.15, 0.2) is 0 Å². The summed E-state index contributed by atoms with van der Waals surface area (Å²) in [6.45, 7) is 0.343. The van der Waals surface area contributed by atoms with E-state index in [2.05, 4.69) is 97.1 Å². The van der Waals surface area contributed by atoms with Gasteiger partial charge in [-0.1, -0.05) is 121 Å². The quantitative estimate of drug-likeness (QED) is 0.344. The molecule has 2 nitrogen and oxygen atoms in total. The van der Waals surface area contributed by atoms with Crippen molar-refractivity contribution >= 4 is 24.8 Å². The average molecular weight is 465 g/mol. The SMILES string of the molecule is Cl.Cl.NCC(N)(C(c1ccccc1)c1ccccc1)C(c1ccccc1)c1ccccc1. The Kier molecular flexibility index (Phi) is 9.49. The van der Waals surface area contributed by atoms with E-state index < -0.39 is 5.54 Å². The molecule has 0 aliphatic rings. The summed E-state index contributed by atoms with van der Waals surface area (Å²) in [7, 11) is 0. The van der Waals surface area contributed by atoms with Gasteiger partial charge in [-0.15, -0.1) is 24.8 Å². The molecule has 4 aromatic rings. The lowest BCUT2D eigenvalue weighted by molar-refractivity contribution is 0.344. The van der Waals surface area contributed by atoms with Crippen molar-refractivity contribution in [2.45, 2.75) is 17.4 Å². The molecule has 4 N–H and O–H groups in total. The predicted octanol–water partition coefficient (Wildman–Crippen LogP) is 6.15. The van der Waals surface area contributed by atoms with E-state index >= 15 is 0 Å². The van der Waals surface area contributed by atoms with Gasteiger partial charge >= 0.3 is 0 Å². The Morgan fingerprint density at radius 2 is 0.688 bits per heavy atom. The van der Waals surface area contributed by atoms with Gasteiger partial charge in [0, 0.05) is 23.9 Å². The van der Waals surface area contributed by atoms with Crippen LogP contribution in [0.15, 0.2) is 121 Å². The Bertz CT molecular complexity index is 880. The molecule has 4 heteroatoms. The summed E-state index contributed by atoms with van der Waals surface area (Å²) in [5.41, 5.74) is 17.9. The fraction of sp³-hybridized carbons (Fsp3) is 0.143. The summed E-state index contributed by atoms with van der Waals surface area (Å²) >= 11 is 0. The molecule has 166 valence electrons.